The Hall–Kier alpha value is -2.64. The lowest BCUT2D eigenvalue weighted by Crippen LogP contribution is -2.47. The Morgan fingerprint density at radius 3 is 2.87 bits per heavy atom. The minimum atomic E-state index is -0.894. The van der Waals surface area contributed by atoms with Crippen LogP contribution in [0.2, 0.25) is 0 Å². The molecule has 8 nitrogen and oxygen atoms in total. The van der Waals surface area contributed by atoms with Gasteiger partial charge in [0.2, 0.25) is 0 Å². The Bertz CT molecular complexity index is 619. The summed E-state index contributed by atoms with van der Waals surface area (Å²) in [7, 11) is 0. The Balaban J connectivity index is 2.00. The molecular weight excluding hydrogens is 302 g/mol. The van der Waals surface area contributed by atoms with Gasteiger partial charge < -0.3 is 15.3 Å². The van der Waals surface area contributed by atoms with Crippen LogP contribution >= 0.6 is 0 Å². The Kier molecular flexibility index (Phi) is 5.15. The number of nitro groups is 1. The third-order valence-corrected chi connectivity index (χ3v) is 3.98. The van der Waals surface area contributed by atoms with Crippen LogP contribution in [0.1, 0.15) is 31.4 Å². The topological polar surface area (TPSA) is 113 Å². The van der Waals surface area contributed by atoms with Gasteiger partial charge in [-0.05, 0) is 25.3 Å². The van der Waals surface area contributed by atoms with Crippen LogP contribution in [0.15, 0.2) is 24.3 Å². The van der Waals surface area contributed by atoms with E-state index in [0.29, 0.717) is 24.9 Å². The highest BCUT2D eigenvalue weighted by atomic mass is 16.6. The molecule has 0 spiro atoms. The lowest BCUT2D eigenvalue weighted by Gasteiger charge is -2.31. The van der Waals surface area contributed by atoms with Crippen LogP contribution in [0, 0.1) is 16.0 Å². The summed E-state index contributed by atoms with van der Waals surface area (Å²) in [5.74, 6) is -1.43. The van der Waals surface area contributed by atoms with E-state index < -0.39 is 22.9 Å². The van der Waals surface area contributed by atoms with Crippen LogP contribution in [0.25, 0.3) is 0 Å². The van der Waals surface area contributed by atoms with Crippen molar-refractivity contribution in [3.05, 3.63) is 39.9 Å². The molecule has 8 heteroatoms. The molecule has 0 radical (unpaired) electrons. The zero-order valence-electron chi connectivity index (χ0n) is 12.8. The number of amides is 2. The number of aliphatic carboxylic acids is 1. The van der Waals surface area contributed by atoms with Gasteiger partial charge in [0.1, 0.15) is 0 Å². The second kappa shape index (κ2) is 7.08. The van der Waals surface area contributed by atoms with Gasteiger partial charge in [0, 0.05) is 25.2 Å². The molecule has 1 aliphatic rings. The summed E-state index contributed by atoms with van der Waals surface area (Å²) < 4.78 is 0. The van der Waals surface area contributed by atoms with Crippen molar-refractivity contribution < 1.29 is 19.6 Å². The predicted molar refractivity (Wildman–Crippen MR) is 82.0 cm³/mol. The summed E-state index contributed by atoms with van der Waals surface area (Å²) in [6.45, 7) is 2.43. The molecule has 0 bridgehead atoms. The number of hydrogen-bond acceptors (Lipinski definition) is 4. The average Bonchev–Trinajstić information content (AvgIpc) is 2.54. The number of carbonyl (C=O) groups is 2. The summed E-state index contributed by atoms with van der Waals surface area (Å²) in [5.41, 5.74) is 0.590. The molecule has 1 heterocycles. The molecular formula is C15H19N3O5. The quantitative estimate of drug-likeness (QED) is 0.652. The minimum Gasteiger partial charge on any atom is -0.481 e. The molecule has 23 heavy (non-hydrogen) atoms. The van der Waals surface area contributed by atoms with Gasteiger partial charge >= 0.3 is 12.0 Å². The molecule has 2 atom stereocenters. The van der Waals surface area contributed by atoms with Gasteiger partial charge in [-0.3, -0.25) is 14.9 Å². The van der Waals surface area contributed by atoms with Crippen molar-refractivity contribution in [2.24, 2.45) is 5.92 Å². The lowest BCUT2D eigenvalue weighted by molar-refractivity contribution is -0.384. The number of non-ortho nitro benzene ring substituents is 1. The van der Waals surface area contributed by atoms with Crippen molar-refractivity contribution in [2.45, 2.75) is 25.8 Å². The molecule has 1 fully saturated rings. The Morgan fingerprint density at radius 2 is 2.22 bits per heavy atom. The molecule has 0 aliphatic carbocycles. The van der Waals surface area contributed by atoms with E-state index in [-0.39, 0.29) is 18.3 Å². The maximum absolute atomic E-state index is 12.3. The van der Waals surface area contributed by atoms with Crippen molar-refractivity contribution in [3.8, 4) is 0 Å². The summed E-state index contributed by atoms with van der Waals surface area (Å²) in [5, 5.41) is 22.6. The van der Waals surface area contributed by atoms with Gasteiger partial charge in [-0.1, -0.05) is 12.1 Å². The number of urea groups is 1. The molecule has 2 unspecified atom stereocenters. The highest BCUT2D eigenvalue weighted by Crippen LogP contribution is 2.21. The highest BCUT2D eigenvalue weighted by Gasteiger charge is 2.28. The first kappa shape index (κ1) is 16.7. The fourth-order valence-corrected chi connectivity index (χ4v) is 2.63. The number of carboxylic acid groups (broad SMARTS) is 1. The number of piperidine rings is 1. The minimum absolute atomic E-state index is 0.0347. The number of likely N-dealkylation sites (tertiary alicyclic amines) is 1. The van der Waals surface area contributed by atoms with Crippen molar-refractivity contribution in [1.82, 2.24) is 10.2 Å². The van der Waals surface area contributed by atoms with Gasteiger partial charge in [-0.2, -0.15) is 0 Å². The maximum Gasteiger partial charge on any atom is 0.317 e. The van der Waals surface area contributed by atoms with Gasteiger partial charge in [0.15, 0.2) is 0 Å². The standard InChI is InChI=1S/C15H19N3O5/c1-10(11-4-2-6-13(8-11)18(22)23)16-15(21)17-7-3-5-12(9-17)14(19)20/h2,4,6,8,10,12H,3,5,7,9H2,1H3,(H,16,21)(H,19,20). The lowest BCUT2D eigenvalue weighted by atomic mass is 9.98. The van der Waals surface area contributed by atoms with Crippen LogP contribution < -0.4 is 5.32 Å². The first-order chi connectivity index (χ1) is 10.9. The van der Waals surface area contributed by atoms with Crippen molar-refractivity contribution in [3.63, 3.8) is 0 Å². The van der Waals surface area contributed by atoms with Crippen LogP contribution in [0.5, 0.6) is 0 Å². The fourth-order valence-electron chi connectivity index (χ4n) is 2.63. The van der Waals surface area contributed by atoms with Gasteiger partial charge in [-0.15, -0.1) is 0 Å². The third-order valence-electron chi connectivity index (χ3n) is 3.98. The zero-order valence-corrected chi connectivity index (χ0v) is 12.8. The number of carboxylic acids is 1. The third kappa shape index (κ3) is 4.18. The molecule has 1 aliphatic heterocycles. The number of nitrogens with zero attached hydrogens (tertiary/aromatic N) is 2. The fraction of sp³-hybridized carbons (Fsp3) is 0.467. The smallest absolute Gasteiger partial charge is 0.317 e. The second-order valence-corrected chi connectivity index (χ2v) is 5.65. The summed E-state index contributed by atoms with van der Waals surface area (Å²) in [6, 6.07) is 5.31. The zero-order chi connectivity index (χ0) is 17.0. The van der Waals surface area contributed by atoms with E-state index in [4.69, 9.17) is 5.11 Å². The molecule has 0 aromatic heterocycles. The monoisotopic (exact) mass is 321 g/mol. The number of nitrogens with one attached hydrogen (secondary N) is 1. The van der Waals surface area contributed by atoms with E-state index in [1.165, 1.54) is 17.0 Å². The number of benzene rings is 1. The summed E-state index contributed by atoms with van der Waals surface area (Å²) >= 11 is 0. The van der Waals surface area contributed by atoms with Crippen LogP contribution in [0.3, 0.4) is 0 Å². The first-order valence-corrected chi connectivity index (χ1v) is 7.41. The van der Waals surface area contributed by atoms with Gasteiger partial charge in [-0.25, -0.2) is 4.79 Å². The largest absolute Gasteiger partial charge is 0.481 e. The molecule has 1 aromatic carbocycles. The molecule has 2 amide bonds. The number of hydrogen-bond donors (Lipinski definition) is 2. The second-order valence-electron chi connectivity index (χ2n) is 5.65. The van der Waals surface area contributed by atoms with E-state index in [0.717, 1.165) is 0 Å². The van der Waals surface area contributed by atoms with E-state index in [1.807, 2.05) is 0 Å². The molecule has 0 saturated carbocycles. The van der Waals surface area contributed by atoms with E-state index >= 15 is 0 Å². The van der Waals surface area contributed by atoms with E-state index in [9.17, 15) is 19.7 Å². The molecule has 2 rings (SSSR count). The van der Waals surface area contributed by atoms with Crippen LogP contribution in [-0.4, -0.2) is 40.0 Å². The number of nitro benzene ring substituents is 1. The van der Waals surface area contributed by atoms with Gasteiger partial charge in [0.25, 0.3) is 5.69 Å². The molecule has 124 valence electrons. The van der Waals surface area contributed by atoms with Gasteiger partial charge in [0.05, 0.1) is 16.9 Å². The maximum atomic E-state index is 12.3. The first-order valence-electron chi connectivity index (χ1n) is 7.41. The number of carbonyl (C=O) groups excluding carboxylic acids is 1. The van der Waals surface area contributed by atoms with Crippen molar-refractivity contribution in [1.29, 1.82) is 0 Å². The predicted octanol–water partition coefficient (Wildman–Crippen LogP) is 2.16. The van der Waals surface area contributed by atoms with Crippen LogP contribution in [0.4, 0.5) is 10.5 Å². The average molecular weight is 321 g/mol. The van der Waals surface area contributed by atoms with E-state index in [2.05, 4.69) is 5.32 Å². The van der Waals surface area contributed by atoms with Crippen molar-refractivity contribution in [2.75, 3.05) is 13.1 Å². The normalized spacial score (nSPS) is 19.0. The number of rotatable bonds is 4. The molecule has 2 N–H and O–H groups in total. The van der Waals surface area contributed by atoms with E-state index in [1.54, 1.807) is 19.1 Å². The molecule has 1 saturated heterocycles. The highest BCUT2D eigenvalue weighted by molar-refractivity contribution is 5.77. The summed E-state index contributed by atoms with van der Waals surface area (Å²) in [6.07, 6.45) is 1.22. The van der Waals surface area contributed by atoms with Crippen LogP contribution in [-0.2, 0) is 4.79 Å². The molecule has 1 aromatic rings. The Labute approximate surface area is 133 Å². The summed E-state index contributed by atoms with van der Waals surface area (Å²) in [4.78, 5) is 35.1. The van der Waals surface area contributed by atoms with Crippen molar-refractivity contribution >= 4 is 17.7 Å². The Morgan fingerprint density at radius 1 is 1.48 bits per heavy atom. The SMILES string of the molecule is CC(NC(=O)N1CCCC(C(=O)O)C1)c1cccc([N+](=O)[O-])c1.